The summed E-state index contributed by atoms with van der Waals surface area (Å²) < 4.78 is 9.36. The molecule has 0 aliphatic heterocycles. The predicted molar refractivity (Wildman–Crippen MR) is 58.4 cm³/mol. The van der Waals surface area contributed by atoms with Gasteiger partial charge in [-0.2, -0.15) is 0 Å². The van der Waals surface area contributed by atoms with Gasteiger partial charge in [-0.3, -0.25) is 14.0 Å². The molecule has 1 N–H and O–H groups in total. The van der Waals surface area contributed by atoms with Crippen molar-refractivity contribution in [1.82, 2.24) is 14.0 Å². The van der Waals surface area contributed by atoms with Crippen molar-refractivity contribution >= 4 is 13.6 Å². The maximum atomic E-state index is 10.7. The van der Waals surface area contributed by atoms with Gasteiger partial charge in [-0.05, 0) is 42.3 Å². The molecule has 0 aliphatic rings. The number of carboxylic acid groups (broad SMARTS) is 1. The highest BCUT2D eigenvalue weighted by atomic mass is 31.2. The Balaban J connectivity index is 5.51. The molecule has 0 rings (SSSR count). The average Bonchev–Trinajstić information content (AvgIpc) is 1.97. The first-order chi connectivity index (χ1) is 6.25. The van der Waals surface area contributed by atoms with E-state index in [1.165, 1.54) is 0 Å². The third kappa shape index (κ3) is 2.54. The lowest BCUT2D eigenvalue weighted by atomic mass is 11.2. The molecule has 0 heterocycles. The molecule has 6 nitrogen and oxygen atoms in total. The van der Waals surface area contributed by atoms with E-state index in [1.54, 1.807) is 0 Å². The Hall–Kier alpha value is -0.420. The van der Waals surface area contributed by atoms with Gasteiger partial charge < -0.3 is 5.11 Å². The first-order valence-electron chi connectivity index (χ1n) is 4.13. The second-order valence-electron chi connectivity index (χ2n) is 3.46. The first-order valence-corrected chi connectivity index (χ1v) is 5.73. The van der Waals surface area contributed by atoms with Crippen molar-refractivity contribution in [2.75, 3.05) is 42.3 Å². The van der Waals surface area contributed by atoms with Crippen LogP contribution in [0.25, 0.3) is 0 Å². The summed E-state index contributed by atoms with van der Waals surface area (Å²) in [6.45, 7) is 0. The molecule has 14 heavy (non-hydrogen) atoms. The molecule has 0 spiro atoms. The normalized spacial score (nSPS) is 12.6. The number of nitrogens with zero attached hydrogens (tertiary/aromatic N) is 4. The minimum atomic E-state index is -2.24. The Bertz CT molecular complexity index is 234. The molecule has 0 bridgehead atoms. The second kappa shape index (κ2) is 4.89. The van der Waals surface area contributed by atoms with Gasteiger partial charge in [-0.25, -0.2) is 4.79 Å². The summed E-state index contributed by atoms with van der Waals surface area (Å²) in [5.74, 6) is 0. The van der Waals surface area contributed by atoms with Gasteiger partial charge in [0.15, 0.2) is 7.51 Å². The molecule has 0 saturated carbocycles. The van der Waals surface area contributed by atoms with Gasteiger partial charge in [0.05, 0.1) is 0 Å². The SMILES string of the molecule is CN(C)P(=NC(=O)O)(N(C)C)N(C)C. The minimum absolute atomic E-state index is 1.13. The minimum Gasteiger partial charge on any atom is -0.463 e. The van der Waals surface area contributed by atoms with Crippen molar-refractivity contribution in [3.05, 3.63) is 0 Å². The van der Waals surface area contributed by atoms with Crippen LogP contribution < -0.4 is 0 Å². The van der Waals surface area contributed by atoms with Crippen LogP contribution in [-0.4, -0.2) is 67.5 Å². The van der Waals surface area contributed by atoms with E-state index >= 15 is 0 Å². The van der Waals surface area contributed by atoms with Gasteiger partial charge in [-0.1, -0.05) is 0 Å². The lowest BCUT2D eigenvalue weighted by molar-refractivity contribution is 0.205. The van der Waals surface area contributed by atoms with Gasteiger partial charge >= 0.3 is 6.09 Å². The smallest absolute Gasteiger partial charge is 0.433 e. The summed E-state index contributed by atoms with van der Waals surface area (Å²) in [6.07, 6.45) is -1.13. The van der Waals surface area contributed by atoms with E-state index in [0.29, 0.717) is 0 Å². The van der Waals surface area contributed by atoms with Crippen LogP contribution in [0, 0.1) is 0 Å². The van der Waals surface area contributed by atoms with Gasteiger partial charge in [-0.15, -0.1) is 4.74 Å². The van der Waals surface area contributed by atoms with E-state index in [-0.39, 0.29) is 0 Å². The van der Waals surface area contributed by atoms with E-state index in [4.69, 9.17) is 5.11 Å². The molecule has 1 amide bonds. The summed E-state index contributed by atoms with van der Waals surface area (Å²) in [4.78, 5) is 10.7. The van der Waals surface area contributed by atoms with Crippen LogP contribution in [0.5, 0.6) is 0 Å². The maximum Gasteiger partial charge on any atom is 0.433 e. The summed E-state index contributed by atoms with van der Waals surface area (Å²) in [5.41, 5.74) is 0. The molecule has 0 aromatic carbocycles. The van der Waals surface area contributed by atoms with Crippen LogP contribution in [-0.2, 0) is 0 Å². The molecule has 7 heteroatoms. The quantitative estimate of drug-likeness (QED) is 0.729. The van der Waals surface area contributed by atoms with E-state index in [9.17, 15) is 4.79 Å². The highest BCUT2D eigenvalue weighted by Crippen LogP contribution is 2.54. The van der Waals surface area contributed by atoms with E-state index in [2.05, 4.69) is 4.74 Å². The Labute approximate surface area is 85.3 Å². The Morgan fingerprint density at radius 3 is 1.36 bits per heavy atom. The molecule has 0 aromatic heterocycles. The molecule has 0 unspecified atom stereocenters. The fraction of sp³-hybridized carbons (Fsp3) is 0.857. The number of rotatable bonds is 3. The lowest BCUT2D eigenvalue weighted by Crippen LogP contribution is -2.31. The van der Waals surface area contributed by atoms with Gasteiger partial charge in [0, 0.05) is 0 Å². The number of carbonyl (C=O) groups is 1. The molecule has 0 atom stereocenters. The Kier molecular flexibility index (Phi) is 4.74. The van der Waals surface area contributed by atoms with E-state index in [0.717, 1.165) is 0 Å². The third-order valence-electron chi connectivity index (χ3n) is 1.83. The summed E-state index contributed by atoms with van der Waals surface area (Å²) in [5, 5.41) is 8.78. The fourth-order valence-electron chi connectivity index (χ4n) is 1.46. The zero-order valence-electron chi connectivity index (χ0n) is 9.59. The van der Waals surface area contributed by atoms with Crippen molar-refractivity contribution in [3.63, 3.8) is 0 Å². The Morgan fingerprint density at radius 2 is 1.29 bits per heavy atom. The van der Waals surface area contributed by atoms with Crippen molar-refractivity contribution < 1.29 is 9.90 Å². The van der Waals surface area contributed by atoms with Gasteiger partial charge in [0.25, 0.3) is 0 Å². The van der Waals surface area contributed by atoms with Crippen LogP contribution in [0.3, 0.4) is 0 Å². The topological polar surface area (TPSA) is 59.4 Å². The van der Waals surface area contributed by atoms with Gasteiger partial charge in [0.2, 0.25) is 0 Å². The summed E-state index contributed by atoms with van der Waals surface area (Å²) in [6, 6.07) is 0. The molecular formula is C7H19N4O2P. The van der Waals surface area contributed by atoms with Crippen molar-refractivity contribution in [3.8, 4) is 0 Å². The monoisotopic (exact) mass is 222 g/mol. The van der Waals surface area contributed by atoms with Crippen molar-refractivity contribution in [1.29, 1.82) is 0 Å². The molecule has 0 saturated heterocycles. The average molecular weight is 222 g/mol. The van der Waals surface area contributed by atoms with Crippen molar-refractivity contribution in [2.24, 2.45) is 4.74 Å². The van der Waals surface area contributed by atoms with Crippen LogP contribution in [0.1, 0.15) is 0 Å². The largest absolute Gasteiger partial charge is 0.463 e. The van der Waals surface area contributed by atoms with E-state index in [1.807, 2.05) is 56.3 Å². The Morgan fingerprint density at radius 1 is 1.00 bits per heavy atom. The zero-order valence-corrected chi connectivity index (χ0v) is 10.5. The predicted octanol–water partition coefficient (Wildman–Crippen LogP) is 1.30. The van der Waals surface area contributed by atoms with Gasteiger partial charge in [0.1, 0.15) is 0 Å². The second-order valence-corrected chi connectivity index (χ2v) is 7.13. The lowest BCUT2D eigenvalue weighted by Gasteiger charge is -2.40. The maximum absolute atomic E-state index is 10.7. The third-order valence-corrected chi connectivity index (χ3v) is 5.49. The fourth-order valence-corrected chi connectivity index (χ4v) is 4.37. The highest BCUT2D eigenvalue weighted by molar-refractivity contribution is 7.59. The number of amides is 1. The van der Waals surface area contributed by atoms with Crippen molar-refractivity contribution in [2.45, 2.75) is 0 Å². The van der Waals surface area contributed by atoms with Crippen LogP contribution in [0.15, 0.2) is 4.74 Å². The summed E-state index contributed by atoms with van der Waals surface area (Å²) in [7, 11) is 8.76. The molecular weight excluding hydrogens is 203 g/mol. The van der Waals surface area contributed by atoms with Crippen LogP contribution in [0.2, 0.25) is 0 Å². The number of hydrogen-bond acceptors (Lipinski definition) is 1. The highest BCUT2D eigenvalue weighted by Gasteiger charge is 2.29. The molecule has 0 radical (unpaired) electrons. The summed E-state index contributed by atoms with van der Waals surface area (Å²) >= 11 is 0. The number of hydrogen-bond donors (Lipinski definition) is 1. The molecule has 0 fully saturated rings. The molecule has 0 aromatic rings. The molecule has 84 valence electrons. The van der Waals surface area contributed by atoms with Crippen LogP contribution >= 0.6 is 7.51 Å². The van der Waals surface area contributed by atoms with E-state index < -0.39 is 13.6 Å². The zero-order chi connectivity index (χ0) is 11.5. The van der Waals surface area contributed by atoms with Crippen LogP contribution in [0.4, 0.5) is 4.79 Å². The first kappa shape index (κ1) is 13.6. The molecule has 0 aliphatic carbocycles. The standard InChI is InChI=1S/C7H19N4O2P/c1-9(2)14(10(3)4,11(5)6)8-7(12)13/h1-6H3,(H,12,13).